The lowest BCUT2D eigenvalue weighted by Crippen LogP contribution is -2.30. The van der Waals surface area contributed by atoms with E-state index in [0.717, 1.165) is 25.7 Å². The van der Waals surface area contributed by atoms with Gasteiger partial charge in [0.1, 0.15) is 0 Å². The van der Waals surface area contributed by atoms with Crippen molar-refractivity contribution in [2.45, 2.75) is 45.8 Å². The molecule has 0 aromatic rings. The van der Waals surface area contributed by atoms with E-state index in [9.17, 15) is 9.59 Å². The fourth-order valence-electron chi connectivity index (χ4n) is 2.21. The second-order valence-electron chi connectivity index (χ2n) is 4.76. The van der Waals surface area contributed by atoms with Crippen LogP contribution >= 0.6 is 0 Å². The van der Waals surface area contributed by atoms with E-state index in [1.54, 1.807) is 6.92 Å². The summed E-state index contributed by atoms with van der Waals surface area (Å²) >= 11 is 0. The van der Waals surface area contributed by atoms with Gasteiger partial charge in [0.05, 0.1) is 12.5 Å². The van der Waals surface area contributed by atoms with Crippen LogP contribution in [-0.2, 0) is 19.0 Å². The zero-order valence-corrected chi connectivity index (χ0v) is 11.6. The molecule has 0 bridgehead atoms. The van der Waals surface area contributed by atoms with Crippen molar-refractivity contribution in [2.24, 2.45) is 17.6 Å². The Morgan fingerprint density at radius 2 is 1.84 bits per heavy atom. The highest BCUT2D eigenvalue weighted by Crippen LogP contribution is 2.29. The Balaban J connectivity index is 2.28. The first kappa shape index (κ1) is 15.8. The summed E-state index contributed by atoms with van der Waals surface area (Å²) in [6.07, 6.45) is 1.72. The molecule has 1 fully saturated rings. The van der Waals surface area contributed by atoms with Crippen LogP contribution in [-0.4, -0.2) is 31.6 Å². The van der Waals surface area contributed by atoms with Crippen molar-refractivity contribution in [1.82, 2.24) is 0 Å². The maximum atomic E-state index is 11.9. The van der Waals surface area contributed by atoms with Gasteiger partial charge in [0.2, 0.25) is 6.29 Å². The Morgan fingerprint density at radius 1 is 1.21 bits per heavy atom. The molecule has 1 atom stereocenters. The Kier molecular flexibility index (Phi) is 6.62. The Morgan fingerprint density at radius 3 is 2.37 bits per heavy atom. The summed E-state index contributed by atoms with van der Waals surface area (Å²) in [7, 11) is 0. The average molecular weight is 273 g/mol. The van der Waals surface area contributed by atoms with Crippen LogP contribution in [0.25, 0.3) is 0 Å². The fraction of sp³-hybridized carbons (Fsp3) is 0.846. The molecule has 1 rings (SSSR count). The second-order valence-corrected chi connectivity index (χ2v) is 4.76. The Labute approximate surface area is 113 Å². The number of esters is 1. The SMILES string of the molecule is CCOC(=O)OC(C)OC(=O)[C@H]1CC[C@H](CN)CC1. The van der Waals surface area contributed by atoms with Gasteiger partial charge in [-0.3, -0.25) is 4.79 Å². The molecule has 0 aliphatic heterocycles. The monoisotopic (exact) mass is 273 g/mol. The summed E-state index contributed by atoms with van der Waals surface area (Å²) in [6, 6.07) is 0. The van der Waals surface area contributed by atoms with Gasteiger partial charge in [-0.05, 0) is 45.1 Å². The highest BCUT2D eigenvalue weighted by atomic mass is 16.8. The van der Waals surface area contributed by atoms with Crippen LogP contribution in [0.2, 0.25) is 0 Å². The Bertz CT molecular complexity index is 299. The number of rotatable bonds is 5. The number of ether oxygens (including phenoxy) is 3. The van der Waals surface area contributed by atoms with Crippen LogP contribution in [0, 0.1) is 11.8 Å². The van der Waals surface area contributed by atoms with Crippen LogP contribution in [0.15, 0.2) is 0 Å². The highest BCUT2D eigenvalue weighted by Gasteiger charge is 2.28. The molecule has 1 aliphatic rings. The third kappa shape index (κ3) is 5.46. The standard InChI is InChI=1S/C13H23NO5/c1-3-17-13(16)19-9(2)18-12(15)11-6-4-10(8-14)5-7-11/h9-11H,3-8,14H2,1-2H3/t9?,10-,11-. The van der Waals surface area contributed by atoms with Gasteiger partial charge in [0, 0.05) is 6.92 Å². The van der Waals surface area contributed by atoms with E-state index in [-0.39, 0.29) is 18.5 Å². The van der Waals surface area contributed by atoms with E-state index in [1.165, 1.54) is 6.92 Å². The maximum absolute atomic E-state index is 11.9. The predicted octanol–water partition coefficient (Wildman–Crippen LogP) is 1.81. The molecule has 2 N–H and O–H groups in total. The normalized spacial score (nSPS) is 24.4. The van der Waals surface area contributed by atoms with Crippen molar-refractivity contribution in [1.29, 1.82) is 0 Å². The van der Waals surface area contributed by atoms with Crippen LogP contribution in [0.1, 0.15) is 39.5 Å². The number of hydrogen-bond donors (Lipinski definition) is 1. The third-order valence-corrected chi connectivity index (χ3v) is 3.32. The van der Waals surface area contributed by atoms with E-state index in [2.05, 4.69) is 4.74 Å². The molecule has 0 radical (unpaired) electrons. The van der Waals surface area contributed by atoms with Crippen molar-refractivity contribution >= 4 is 12.1 Å². The largest absolute Gasteiger partial charge is 0.511 e. The molecule has 0 aromatic heterocycles. The van der Waals surface area contributed by atoms with Gasteiger partial charge in [0.25, 0.3) is 0 Å². The molecule has 1 aliphatic carbocycles. The van der Waals surface area contributed by atoms with E-state index in [4.69, 9.17) is 15.2 Å². The van der Waals surface area contributed by atoms with Crippen molar-refractivity contribution in [3.63, 3.8) is 0 Å². The summed E-state index contributed by atoms with van der Waals surface area (Å²) in [5.74, 6) is 0.0839. The second kappa shape index (κ2) is 7.99. The van der Waals surface area contributed by atoms with Gasteiger partial charge in [-0.2, -0.15) is 0 Å². The molecule has 6 nitrogen and oxygen atoms in total. The lowest BCUT2D eigenvalue weighted by Gasteiger charge is -2.26. The number of nitrogens with two attached hydrogens (primary N) is 1. The van der Waals surface area contributed by atoms with Crippen LogP contribution in [0.3, 0.4) is 0 Å². The van der Waals surface area contributed by atoms with E-state index in [1.807, 2.05) is 0 Å². The molecule has 1 unspecified atom stereocenters. The molecule has 0 heterocycles. The average Bonchev–Trinajstić information content (AvgIpc) is 2.38. The quantitative estimate of drug-likeness (QED) is 0.607. The van der Waals surface area contributed by atoms with E-state index < -0.39 is 12.4 Å². The molecule has 1 saturated carbocycles. The Hall–Kier alpha value is -1.30. The molecule has 0 spiro atoms. The van der Waals surface area contributed by atoms with Gasteiger partial charge < -0.3 is 19.9 Å². The van der Waals surface area contributed by atoms with Crippen molar-refractivity contribution in [3.8, 4) is 0 Å². The minimum absolute atomic E-state index is 0.115. The molecule has 0 aromatic carbocycles. The number of carbonyl (C=O) groups is 2. The predicted molar refractivity (Wildman–Crippen MR) is 68.2 cm³/mol. The van der Waals surface area contributed by atoms with E-state index in [0.29, 0.717) is 12.5 Å². The van der Waals surface area contributed by atoms with Crippen LogP contribution in [0.5, 0.6) is 0 Å². The van der Waals surface area contributed by atoms with Gasteiger partial charge in [0.15, 0.2) is 0 Å². The van der Waals surface area contributed by atoms with Crippen molar-refractivity contribution < 1.29 is 23.8 Å². The molecule has 6 heteroatoms. The van der Waals surface area contributed by atoms with Crippen LogP contribution in [0.4, 0.5) is 4.79 Å². The van der Waals surface area contributed by atoms with Gasteiger partial charge >= 0.3 is 12.1 Å². The molecular weight excluding hydrogens is 250 g/mol. The van der Waals surface area contributed by atoms with Crippen LogP contribution < -0.4 is 5.73 Å². The molecule has 0 amide bonds. The minimum atomic E-state index is -0.918. The summed E-state index contributed by atoms with van der Waals surface area (Å²) in [4.78, 5) is 22.9. The first-order valence-corrected chi connectivity index (χ1v) is 6.80. The summed E-state index contributed by atoms with van der Waals surface area (Å²) in [6.45, 7) is 4.07. The minimum Gasteiger partial charge on any atom is -0.435 e. The zero-order chi connectivity index (χ0) is 14.3. The molecular formula is C13H23NO5. The lowest BCUT2D eigenvalue weighted by molar-refractivity contribution is -0.174. The lowest BCUT2D eigenvalue weighted by atomic mass is 9.82. The first-order chi connectivity index (χ1) is 9.06. The summed E-state index contributed by atoms with van der Waals surface area (Å²) in [5.41, 5.74) is 5.60. The van der Waals surface area contributed by atoms with Gasteiger partial charge in [-0.1, -0.05) is 0 Å². The van der Waals surface area contributed by atoms with Crippen molar-refractivity contribution in [2.75, 3.05) is 13.2 Å². The van der Waals surface area contributed by atoms with E-state index >= 15 is 0 Å². The number of hydrogen-bond acceptors (Lipinski definition) is 6. The number of carbonyl (C=O) groups excluding carboxylic acids is 2. The fourth-order valence-corrected chi connectivity index (χ4v) is 2.21. The topological polar surface area (TPSA) is 87.9 Å². The maximum Gasteiger partial charge on any atom is 0.511 e. The first-order valence-electron chi connectivity index (χ1n) is 6.80. The van der Waals surface area contributed by atoms with Gasteiger partial charge in [-0.15, -0.1) is 0 Å². The zero-order valence-electron chi connectivity index (χ0n) is 11.6. The molecule has 110 valence electrons. The third-order valence-electron chi connectivity index (χ3n) is 3.32. The summed E-state index contributed by atoms with van der Waals surface area (Å²) < 4.78 is 14.5. The highest BCUT2D eigenvalue weighted by molar-refractivity contribution is 5.72. The molecule has 0 saturated heterocycles. The molecule has 19 heavy (non-hydrogen) atoms. The van der Waals surface area contributed by atoms with Gasteiger partial charge in [-0.25, -0.2) is 4.79 Å². The smallest absolute Gasteiger partial charge is 0.435 e. The summed E-state index contributed by atoms with van der Waals surface area (Å²) in [5, 5.41) is 0. The van der Waals surface area contributed by atoms with Crippen molar-refractivity contribution in [3.05, 3.63) is 0 Å².